The van der Waals surface area contributed by atoms with E-state index in [-0.39, 0.29) is 5.03 Å². The second kappa shape index (κ2) is 4.74. The topological polar surface area (TPSA) is 89.8 Å². The minimum absolute atomic E-state index is 0.000225. The molecule has 0 bridgehead atoms. The summed E-state index contributed by atoms with van der Waals surface area (Å²) in [5.74, 6) is 0.514. The molecule has 0 saturated heterocycles. The minimum Gasteiger partial charge on any atom is -0.332 e. The van der Waals surface area contributed by atoms with Gasteiger partial charge in [-0.05, 0) is 19.1 Å². The van der Waals surface area contributed by atoms with Crippen LogP contribution in [0.4, 0.5) is 5.69 Å². The number of hydrogen-bond donors (Lipinski definition) is 1. The van der Waals surface area contributed by atoms with Crippen LogP contribution in [0, 0.1) is 18.3 Å². The van der Waals surface area contributed by atoms with Gasteiger partial charge in [-0.15, -0.1) is 0 Å². The van der Waals surface area contributed by atoms with Crippen LogP contribution in [0.25, 0.3) is 0 Å². The molecule has 1 N–H and O–H groups in total. The zero-order valence-electron chi connectivity index (χ0n) is 10.5. The number of benzene rings is 1. The Hall–Kier alpha value is -2.33. The molecule has 2 rings (SSSR count). The fraction of sp³-hybridized carbons (Fsp3) is 0.167. The van der Waals surface area contributed by atoms with E-state index in [0.717, 1.165) is 4.31 Å². The fourth-order valence-corrected chi connectivity index (χ4v) is 2.82. The highest BCUT2D eigenvalue weighted by atomic mass is 32.2. The van der Waals surface area contributed by atoms with Crippen LogP contribution in [0.5, 0.6) is 0 Å². The SMILES string of the molecule is Cc1ncc(S(=O)(=O)N(C)c2ccccc2C#N)[nH]1. The van der Waals surface area contributed by atoms with E-state index in [4.69, 9.17) is 5.26 Å². The van der Waals surface area contributed by atoms with Crippen LogP contribution < -0.4 is 4.31 Å². The van der Waals surface area contributed by atoms with Gasteiger partial charge in [0.25, 0.3) is 10.0 Å². The molecular formula is C12H12N4O2S. The molecule has 6 nitrogen and oxygen atoms in total. The van der Waals surface area contributed by atoms with Crippen molar-refractivity contribution < 1.29 is 8.42 Å². The number of H-pyrrole nitrogens is 1. The first-order valence-corrected chi connectivity index (χ1v) is 6.90. The zero-order valence-corrected chi connectivity index (χ0v) is 11.3. The number of aryl methyl sites for hydroxylation is 1. The smallest absolute Gasteiger partial charge is 0.281 e. The Kier molecular flexibility index (Phi) is 3.27. The lowest BCUT2D eigenvalue weighted by Gasteiger charge is -2.19. The number of imidazole rings is 1. The summed E-state index contributed by atoms with van der Waals surface area (Å²) < 4.78 is 25.8. The maximum absolute atomic E-state index is 12.4. The molecular weight excluding hydrogens is 264 g/mol. The van der Waals surface area contributed by atoms with Gasteiger partial charge in [0.2, 0.25) is 0 Å². The van der Waals surface area contributed by atoms with Crippen LogP contribution in [-0.2, 0) is 10.0 Å². The molecule has 1 heterocycles. The summed E-state index contributed by atoms with van der Waals surface area (Å²) >= 11 is 0. The molecule has 0 unspecified atom stereocenters. The maximum Gasteiger partial charge on any atom is 0.281 e. The largest absolute Gasteiger partial charge is 0.332 e. The number of hydrogen-bond acceptors (Lipinski definition) is 4. The molecule has 0 saturated carbocycles. The van der Waals surface area contributed by atoms with E-state index in [2.05, 4.69) is 9.97 Å². The number of aromatic nitrogens is 2. The summed E-state index contributed by atoms with van der Waals surface area (Å²) in [5.41, 5.74) is 0.627. The van der Waals surface area contributed by atoms with Crippen LogP contribution in [0.3, 0.4) is 0 Å². The molecule has 0 amide bonds. The molecule has 1 aromatic carbocycles. The maximum atomic E-state index is 12.4. The predicted molar refractivity (Wildman–Crippen MR) is 70.1 cm³/mol. The minimum atomic E-state index is -3.74. The van der Waals surface area contributed by atoms with E-state index in [1.807, 2.05) is 6.07 Å². The first-order chi connectivity index (χ1) is 8.96. The van der Waals surface area contributed by atoms with Gasteiger partial charge in [-0.3, -0.25) is 4.31 Å². The van der Waals surface area contributed by atoms with E-state index in [9.17, 15) is 8.42 Å². The summed E-state index contributed by atoms with van der Waals surface area (Å²) in [4.78, 5) is 6.56. The van der Waals surface area contributed by atoms with Crippen molar-refractivity contribution in [3.05, 3.63) is 41.9 Å². The lowest BCUT2D eigenvalue weighted by atomic mass is 10.2. The third-order valence-electron chi connectivity index (χ3n) is 2.68. The number of sulfonamides is 1. The number of para-hydroxylation sites is 1. The molecule has 1 aromatic heterocycles. The number of aromatic amines is 1. The van der Waals surface area contributed by atoms with Crippen molar-refractivity contribution >= 4 is 15.7 Å². The lowest BCUT2D eigenvalue weighted by molar-refractivity contribution is 0.591. The first-order valence-electron chi connectivity index (χ1n) is 5.46. The van der Waals surface area contributed by atoms with Crippen molar-refractivity contribution in [1.29, 1.82) is 5.26 Å². The Bertz CT molecular complexity index is 743. The summed E-state index contributed by atoms with van der Waals surface area (Å²) in [6, 6.07) is 8.49. The number of nitriles is 1. The van der Waals surface area contributed by atoms with E-state index in [0.29, 0.717) is 17.1 Å². The highest BCUT2D eigenvalue weighted by Crippen LogP contribution is 2.24. The molecule has 19 heavy (non-hydrogen) atoms. The van der Waals surface area contributed by atoms with Crippen LogP contribution >= 0.6 is 0 Å². The molecule has 7 heteroatoms. The number of nitrogens with one attached hydrogen (secondary N) is 1. The third-order valence-corrected chi connectivity index (χ3v) is 4.36. The van der Waals surface area contributed by atoms with Crippen LogP contribution in [-0.4, -0.2) is 25.4 Å². The van der Waals surface area contributed by atoms with Gasteiger partial charge in [-0.2, -0.15) is 13.7 Å². The van der Waals surface area contributed by atoms with E-state index >= 15 is 0 Å². The monoisotopic (exact) mass is 276 g/mol. The van der Waals surface area contributed by atoms with Gasteiger partial charge in [-0.1, -0.05) is 12.1 Å². The molecule has 2 aromatic rings. The molecule has 0 atom stereocenters. The molecule has 0 radical (unpaired) electrons. The molecule has 98 valence electrons. The summed E-state index contributed by atoms with van der Waals surface area (Å²) in [6.07, 6.45) is 1.26. The van der Waals surface area contributed by atoms with Crippen LogP contribution in [0.2, 0.25) is 0 Å². The predicted octanol–water partition coefficient (Wildman–Crippen LogP) is 1.41. The summed E-state index contributed by atoms with van der Waals surface area (Å²) in [5, 5.41) is 9.02. The Balaban J connectivity index is 2.50. The van der Waals surface area contributed by atoms with Crippen molar-refractivity contribution in [3.63, 3.8) is 0 Å². The normalized spacial score (nSPS) is 11.0. The number of rotatable bonds is 3. The molecule has 0 aliphatic heterocycles. The first kappa shape index (κ1) is 13.1. The molecule has 0 spiro atoms. The molecule has 0 aliphatic rings. The van der Waals surface area contributed by atoms with Gasteiger partial charge in [-0.25, -0.2) is 4.98 Å². The average molecular weight is 276 g/mol. The highest BCUT2D eigenvalue weighted by molar-refractivity contribution is 7.92. The van der Waals surface area contributed by atoms with Crippen molar-refractivity contribution in [1.82, 2.24) is 9.97 Å². The van der Waals surface area contributed by atoms with Gasteiger partial charge in [0, 0.05) is 7.05 Å². The van der Waals surface area contributed by atoms with Crippen molar-refractivity contribution in [2.45, 2.75) is 11.9 Å². The zero-order chi connectivity index (χ0) is 14.0. The third kappa shape index (κ3) is 2.30. The second-order valence-corrected chi connectivity index (χ2v) is 5.87. The highest BCUT2D eigenvalue weighted by Gasteiger charge is 2.24. The van der Waals surface area contributed by atoms with Crippen LogP contribution in [0.1, 0.15) is 11.4 Å². The number of anilines is 1. The lowest BCUT2D eigenvalue weighted by Crippen LogP contribution is -2.27. The van der Waals surface area contributed by atoms with Gasteiger partial charge < -0.3 is 4.98 Å². The van der Waals surface area contributed by atoms with E-state index in [1.54, 1.807) is 31.2 Å². The Morgan fingerprint density at radius 1 is 1.37 bits per heavy atom. The van der Waals surface area contributed by atoms with E-state index < -0.39 is 10.0 Å². The van der Waals surface area contributed by atoms with Crippen molar-refractivity contribution in [3.8, 4) is 6.07 Å². The Morgan fingerprint density at radius 2 is 2.05 bits per heavy atom. The van der Waals surface area contributed by atoms with Gasteiger partial charge >= 0.3 is 0 Å². The second-order valence-electron chi connectivity index (χ2n) is 3.93. The van der Waals surface area contributed by atoms with Gasteiger partial charge in [0.1, 0.15) is 11.9 Å². The Labute approximate surface area is 111 Å². The quantitative estimate of drug-likeness (QED) is 0.917. The van der Waals surface area contributed by atoms with Gasteiger partial charge in [0.05, 0.1) is 17.4 Å². The Morgan fingerprint density at radius 3 is 2.63 bits per heavy atom. The molecule has 0 fully saturated rings. The molecule has 0 aliphatic carbocycles. The standard InChI is InChI=1S/C12H12N4O2S/c1-9-14-8-12(15-9)19(17,18)16(2)11-6-4-3-5-10(11)7-13/h3-6,8H,1-2H3,(H,14,15). The van der Waals surface area contributed by atoms with Crippen molar-refractivity contribution in [2.75, 3.05) is 11.4 Å². The van der Waals surface area contributed by atoms with E-state index in [1.165, 1.54) is 13.2 Å². The van der Waals surface area contributed by atoms with Crippen molar-refractivity contribution in [2.24, 2.45) is 0 Å². The summed E-state index contributed by atoms with van der Waals surface area (Å²) in [6.45, 7) is 1.67. The van der Waals surface area contributed by atoms with Crippen LogP contribution in [0.15, 0.2) is 35.5 Å². The fourth-order valence-electron chi connectivity index (χ4n) is 1.65. The summed E-state index contributed by atoms with van der Waals surface area (Å²) in [7, 11) is -2.34. The average Bonchev–Trinajstić information content (AvgIpc) is 2.85. The van der Waals surface area contributed by atoms with Gasteiger partial charge in [0.15, 0.2) is 5.03 Å². The number of nitrogens with zero attached hydrogens (tertiary/aromatic N) is 3.